The zero-order chi connectivity index (χ0) is 15.5. The number of hydrogen-bond donors (Lipinski definition) is 2. The van der Waals surface area contributed by atoms with Gasteiger partial charge in [-0.15, -0.1) is 0 Å². The molecule has 0 bridgehead atoms. The van der Waals surface area contributed by atoms with Gasteiger partial charge in [0.15, 0.2) is 0 Å². The van der Waals surface area contributed by atoms with Crippen LogP contribution < -0.4 is 11.1 Å². The van der Waals surface area contributed by atoms with Crippen molar-refractivity contribution in [2.75, 3.05) is 6.54 Å². The highest BCUT2D eigenvalue weighted by molar-refractivity contribution is 6.05. The fraction of sp³-hybridized carbons (Fsp3) is 0.444. The first kappa shape index (κ1) is 15.0. The van der Waals surface area contributed by atoms with E-state index >= 15 is 0 Å². The second-order valence-corrected chi connectivity index (χ2v) is 6.19. The van der Waals surface area contributed by atoms with E-state index in [-0.39, 0.29) is 11.9 Å². The van der Waals surface area contributed by atoms with Crippen molar-refractivity contribution < 1.29 is 4.79 Å². The molecule has 0 spiro atoms. The van der Waals surface area contributed by atoms with Crippen LogP contribution in [0.5, 0.6) is 0 Å². The Bertz CT molecular complexity index is 683. The predicted octanol–water partition coefficient (Wildman–Crippen LogP) is 2.79. The Kier molecular flexibility index (Phi) is 4.39. The summed E-state index contributed by atoms with van der Waals surface area (Å²) in [4.78, 5) is 17.3. The molecule has 1 aliphatic carbocycles. The minimum Gasteiger partial charge on any atom is -0.349 e. The number of para-hydroxylation sites is 1. The Labute approximate surface area is 131 Å². The molecule has 1 fully saturated rings. The van der Waals surface area contributed by atoms with Crippen LogP contribution in [0.4, 0.5) is 0 Å². The molecule has 1 amide bonds. The average molecular weight is 297 g/mol. The fourth-order valence-electron chi connectivity index (χ4n) is 3.35. The van der Waals surface area contributed by atoms with Crippen molar-refractivity contribution in [3.05, 3.63) is 41.6 Å². The number of carbonyl (C=O) groups is 1. The lowest BCUT2D eigenvalue weighted by atomic mass is 9.84. The topological polar surface area (TPSA) is 68.0 Å². The van der Waals surface area contributed by atoms with E-state index in [1.807, 2.05) is 37.3 Å². The molecule has 0 aliphatic heterocycles. The first-order valence-electron chi connectivity index (χ1n) is 8.06. The third-order valence-electron chi connectivity index (χ3n) is 4.63. The lowest BCUT2D eigenvalue weighted by molar-refractivity contribution is 0.0909. The molecule has 1 aromatic carbocycles. The predicted molar refractivity (Wildman–Crippen MR) is 88.7 cm³/mol. The number of hydrogen-bond acceptors (Lipinski definition) is 3. The van der Waals surface area contributed by atoms with Crippen LogP contribution in [-0.2, 0) is 0 Å². The molecular formula is C18H23N3O. The van der Waals surface area contributed by atoms with Gasteiger partial charge in [-0.2, -0.15) is 0 Å². The molecule has 2 atom stereocenters. The number of benzene rings is 1. The number of fused-ring (bicyclic) bond motifs is 1. The number of pyridine rings is 1. The van der Waals surface area contributed by atoms with Gasteiger partial charge in [0.1, 0.15) is 0 Å². The minimum atomic E-state index is -0.0333. The van der Waals surface area contributed by atoms with Crippen LogP contribution in [0.1, 0.15) is 41.7 Å². The first-order chi connectivity index (χ1) is 10.7. The van der Waals surface area contributed by atoms with Gasteiger partial charge in [-0.05, 0) is 44.4 Å². The second kappa shape index (κ2) is 6.44. The molecule has 116 valence electrons. The van der Waals surface area contributed by atoms with Crippen LogP contribution in [0.15, 0.2) is 30.3 Å². The van der Waals surface area contributed by atoms with Gasteiger partial charge in [-0.3, -0.25) is 9.78 Å². The van der Waals surface area contributed by atoms with E-state index < -0.39 is 0 Å². The van der Waals surface area contributed by atoms with E-state index in [2.05, 4.69) is 10.3 Å². The summed E-state index contributed by atoms with van der Waals surface area (Å²) in [7, 11) is 0. The normalized spacial score (nSPS) is 21.7. The van der Waals surface area contributed by atoms with Crippen molar-refractivity contribution in [2.24, 2.45) is 11.7 Å². The molecule has 4 nitrogen and oxygen atoms in total. The summed E-state index contributed by atoms with van der Waals surface area (Å²) in [5.74, 6) is 0.358. The summed E-state index contributed by atoms with van der Waals surface area (Å²) in [5, 5.41) is 4.19. The summed E-state index contributed by atoms with van der Waals surface area (Å²) in [6.45, 7) is 2.58. The zero-order valence-electron chi connectivity index (χ0n) is 13.0. The van der Waals surface area contributed by atoms with Crippen molar-refractivity contribution in [3.63, 3.8) is 0 Å². The highest BCUT2D eigenvalue weighted by Gasteiger charge is 2.26. The summed E-state index contributed by atoms with van der Waals surface area (Å²) >= 11 is 0. The Balaban J connectivity index is 1.87. The molecule has 1 aliphatic rings. The quantitative estimate of drug-likeness (QED) is 0.915. The van der Waals surface area contributed by atoms with Crippen LogP contribution in [0.25, 0.3) is 10.9 Å². The molecule has 3 N–H and O–H groups in total. The highest BCUT2D eigenvalue weighted by atomic mass is 16.1. The van der Waals surface area contributed by atoms with E-state index in [1.54, 1.807) is 0 Å². The number of amides is 1. The van der Waals surface area contributed by atoms with Gasteiger partial charge in [-0.1, -0.05) is 31.0 Å². The number of nitrogens with one attached hydrogen (secondary N) is 1. The molecule has 2 unspecified atom stereocenters. The Morgan fingerprint density at radius 1 is 1.27 bits per heavy atom. The minimum absolute atomic E-state index is 0.0333. The van der Waals surface area contributed by atoms with Crippen LogP contribution in [0.3, 0.4) is 0 Å². The molecule has 4 heteroatoms. The smallest absolute Gasteiger partial charge is 0.253 e. The molecule has 1 aromatic heterocycles. The SMILES string of the molecule is Cc1ccc2cccc(C(=O)NC3CCCCC3CN)c2n1. The second-order valence-electron chi connectivity index (χ2n) is 6.19. The van der Waals surface area contributed by atoms with E-state index in [0.717, 1.165) is 35.9 Å². The maximum Gasteiger partial charge on any atom is 0.253 e. The van der Waals surface area contributed by atoms with Crippen LogP contribution in [-0.4, -0.2) is 23.5 Å². The number of aryl methyl sites for hydroxylation is 1. The average Bonchev–Trinajstić information content (AvgIpc) is 2.54. The molecule has 0 radical (unpaired) electrons. The largest absolute Gasteiger partial charge is 0.349 e. The van der Waals surface area contributed by atoms with Crippen molar-refractivity contribution in [1.29, 1.82) is 0 Å². The van der Waals surface area contributed by atoms with Crippen LogP contribution in [0.2, 0.25) is 0 Å². The molecule has 22 heavy (non-hydrogen) atoms. The number of rotatable bonds is 3. The van der Waals surface area contributed by atoms with Gasteiger partial charge in [-0.25, -0.2) is 0 Å². The van der Waals surface area contributed by atoms with Gasteiger partial charge in [0.2, 0.25) is 0 Å². The van der Waals surface area contributed by atoms with Gasteiger partial charge in [0, 0.05) is 17.1 Å². The molecule has 1 heterocycles. The maximum absolute atomic E-state index is 12.7. The molecule has 2 aromatic rings. The lowest BCUT2D eigenvalue weighted by Crippen LogP contribution is -2.44. The van der Waals surface area contributed by atoms with Gasteiger partial charge >= 0.3 is 0 Å². The first-order valence-corrected chi connectivity index (χ1v) is 8.06. The van der Waals surface area contributed by atoms with E-state index in [4.69, 9.17) is 5.73 Å². The Morgan fingerprint density at radius 3 is 2.91 bits per heavy atom. The fourth-order valence-corrected chi connectivity index (χ4v) is 3.35. The third kappa shape index (κ3) is 2.97. The molecule has 0 saturated heterocycles. The van der Waals surface area contributed by atoms with E-state index in [9.17, 15) is 4.79 Å². The monoisotopic (exact) mass is 297 g/mol. The molecule has 1 saturated carbocycles. The Morgan fingerprint density at radius 2 is 2.09 bits per heavy atom. The zero-order valence-corrected chi connectivity index (χ0v) is 13.0. The number of nitrogens with two attached hydrogens (primary N) is 1. The number of nitrogens with zero attached hydrogens (tertiary/aromatic N) is 1. The van der Waals surface area contributed by atoms with E-state index in [1.165, 1.54) is 6.42 Å². The number of carbonyl (C=O) groups excluding carboxylic acids is 1. The standard InChI is InChI=1S/C18H23N3O/c1-12-9-10-13-6-4-7-15(17(13)20-12)18(22)21-16-8-3-2-5-14(16)11-19/h4,6-7,9-10,14,16H,2-3,5,8,11,19H2,1H3,(H,21,22). The van der Waals surface area contributed by atoms with E-state index in [0.29, 0.717) is 18.0 Å². The lowest BCUT2D eigenvalue weighted by Gasteiger charge is -2.31. The van der Waals surface area contributed by atoms with Gasteiger partial charge in [0.05, 0.1) is 11.1 Å². The third-order valence-corrected chi connectivity index (χ3v) is 4.63. The summed E-state index contributed by atoms with van der Waals surface area (Å²) in [6.07, 6.45) is 4.50. The maximum atomic E-state index is 12.7. The number of aromatic nitrogens is 1. The van der Waals surface area contributed by atoms with Crippen molar-refractivity contribution >= 4 is 16.8 Å². The van der Waals surface area contributed by atoms with Crippen LogP contribution in [0, 0.1) is 12.8 Å². The molecule has 3 rings (SSSR count). The van der Waals surface area contributed by atoms with Gasteiger partial charge < -0.3 is 11.1 Å². The van der Waals surface area contributed by atoms with Crippen molar-refractivity contribution in [2.45, 2.75) is 38.6 Å². The summed E-state index contributed by atoms with van der Waals surface area (Å²) < 4.78 is 0. The molecular weight excluding hydrogens is 274 g/mol. The van der Waals surface area contributed by atoms with Gasteiger partial charge in [0.25, 0.3) is 5.91 Å². The van der Waals surface area contributed by atoms with Crippen molar-refractivity contribution in [1.82, 2.24) is 10.3 Å². The highest BCUT2D eigenvalue weighted by Crippen LogP contribution is 2.24. The Hall–Kier alpha value is -1.94. The van der Waals surface area contributed by atoms with Crippen LogP contribution >= 0.6 is 0 Å². The summed E-state index contributed by atoms with van der Waals surface area (Å²) in [6, 6.07) is 9.92. The summed E-state index contributed by atoms with van der Waals surface area (Å²) in [5.41, 5.74) is 8.21. The van der Waals surface area contributed by atoms with Crippen molar-refractivity contribution in [3.8, 4) is 0 Å².